The van der Waals surface area contributed by atoms with Crippen molar-refractivity contribution in [3.63, 3.8) is 0 Å². The van der Waals surface area contributed by atoms with Gasteiger partial charge in [-0.25, -0.2) is 8.42 Å². The first kappa shape index (κ1) is 17.4. The van der Waals surface area contributed by atoms with Gasteiger partial charge in [0.05, 0.1) is 10.6 Å². The lowest BCUT2D eigenvalue weighted by Crippen LogP contribution is -2.38. The minimum Gasteiger partial charge on any atom is -0.368 e. The molecule has 0 spiro atoms. The Bertz CT molecular complexity index is 1030. The Labute approximate surface area is 154 Å². The van der Waals surface area contributed by atoms with E-state index in [1.807, 2.05) is 30.3 Å². The van der Waals surface area contributed by atoms with Gasteiger partial charge in [0.25, 0.3) is 10.0 Å². The third-order valence-electron chi connectivity index (χ3n) is 3.74. The fourth-order valence-corrected chi connectivity index (χ4v) is 4.31. The zero-order valence-electron chi connectivity index (χ0n) is 13.1. The molecule has 0 fully saturated rings. The topological polar surface area (TPSA) is 80.5 Å². The molecule has 3 rings (SSSR count). The molecule has 1 amide bonds. The molecular formula is C18H15BrN2O3S. The second-order valence-electron chi connectivity index (χ2n) is 5.43. The summed E-state index contributed by atoms with van der Waals surface area (Å²) in [5.41, 5.74) is 5.74. The van der Waals surface area contributed by atoms with Crippen LogP contribution in [0.25, 0.3) is 10.8 Å². The summed E-state index contributed by atoms with van der Waals surface area (Å²) in [4.78, 5) is 11.6. The first-order valence-corrected chi connectivity index (χ1v) is 9.67. The van der Waals surface area contributed by atoms with E-state index in [1.54, 1.807) is 24.3 Å². The van der Waals surface area contributed by atoms with Crippen LogP contribution >= 0.6 is 15.9 Å². The number of fused-ring (bicyclic) bond motifs is 1. The van der Waals surface area contributed by atoms with Gasteiger partial charge in [-0.2, -0.15) is 0 Å². The molecule has 5 nitrogen and oxygen atoms in total. The summed E-state index contributed by atoms with van der Waals surface area (Å²) in [6, 6.07) is 18.9. The maximum Gasteiger partial charge on any atom is 0.264 e. The SMILES string of the molecule is NC(=O)CN(c1cccc2ccccc12)S(=O)(=O)c1ccc(Br)cc1. The van der Waals surface area contributed by atoms with Crippen molar-refractivity contribution < 1.29 is 13.2 Å². The minimum absolute atomic E-state index is 0.0879. The molecule has 0 radical (unpaired) electrons. The molecule has 0 bridgehead atoms. The monoisotopic (exact) mass is 418 g/mol. The molecule has 0 unspecified atom stereocenters. The Morgan fingerprint density at radius 3 is 2.28 bits per heavy atom. The first-order chi connectivity index (χ1) is 11.9. The summed E-state index contributed by atoms with van der Waals surface area (Å²) in [5.74, 6) is -0.728. The largest absolute Gasteiger partial charge is 0.368 e. The summed E-state index contributed by atoms with van der Waals surface area (Å²) >= 11 is 3.28. The number of anilines is 1. The van der Waals surface area contributed by atoms with Gasteiger partial charge in [0, 0.05) is 9.86 Å². The number of carbonyl (C=O) groups excluding carboxylic acids is 1. The van der Waals surface area contributed by atoms with Gasteiger partial charge in [0.2, 0.25) is 5.91 Å². The van der Waals surface area contributed by atoms with Crippen LogP contribution in [0.15, 0.2) is 76.1 Å². The van der Waals surface area contributed by atoms with Crippen LogP contribution in [0.2, 0.25) is 0 Å². The van der Waals surface area contributed by atoms with E-state index in [0.717, 1.165) is 19.6 Å². The van der Waals surface area contributed by atoms with Crippen molar-refractivity contribution in [2.24, 2.45) is 5.73 Å². The van der Waals surface area contributed by atoms with Crippen molar-refractivity contribution in [1.29, 1.82) is 0 Å². The molecule has 0 heterocycles. The molecule has 3 aromatic rings. The van der Waals surface area contributed by atoms with Crippen molar-refractivity contribution >= 4 is 48.3 Å². The number of sulfonamides is 1. The third kappa shape index (κ3) is 3.52. The highest BCUT2D eigenvalue weighted by Crippen LogP contribution is 2.31. The van der Waals surface area contributed by atoms with Gasteiger partial charge >= 0.3 is 0 Å². The Hall–Kier alpha value is -2.38. The standard InChI is InChI=1S/C18H15BrN2O3S/c19-14-8-10-15(11-9-14)25(23,24)21(12-18(20)22)17-7-3-5-13-4-1-2-6-16(13)17/h1-11H,12H2,(H2,20,22). The van der Waals surface area contributed by atoms with E-state index < -0.39 is 22.5 Å². The molecule has 0 saturated heterocycles. The number of halogens is 1. The normalized spacial score (nSPS) is 11.4. The number of primary amides is 1. The van der Waals surface area contributed by atoms with Crippen LogP contribution in [0.4, 0.5) is 5.69 Å². The average molecular weight is 419 g/mol. The molecule has 0 aliphatic heterocycles. The molecule has 0 aliphatic carbocycles. The van der Waals surface area contributed by atoms with Gasteiger partial charge in [0.15, 0.2) is 0 Å². The van der Waals surface area contributed by atoms with Crippen molar-refractivity contribution in [1.82, 2.24) is 0 Å². The molecule has 25 heavy (non-hydrogen) atoms. The average Bonchev–Trinajstić information content (AvgIpc) is 2.59. The van der Waals surface area contributed by atoms with Crippen molar-refractivity contribution in [3.8, 4) is 0 Å². The van der Waals surface area contributed by atoms with Gasteiger partial charge in [-0.15, -0.1) is 0 Å². The lowest BCUT2D eigenvalue weighted by Gasteiger charge is -2.24. The highest BCUT2D eigenvalue weighted by Gasteiger charge is 2.27. The van der Waals surface area contributed by atoms with Crippen LogP contribution in [0.1, 0.15) is 0 Å². The number of nitrogens with zero attached hydrogens (tertiary/aromatic N) is 1. The highest BCUT2D eigenvalue weighted by atomic mass is 79.9. The van der Waals surface area contributed by atoms with Gasteiger partial charge in [-0.05, 0) is 35.7 Å². The molecule has 7 heteroatoms. The van der Waals surface area contributed by atoms with Crippen LogP contribution in [0.3, 0.4) is 0 Å². The predicted octanol–water partition coefficient (Wildman–Crippen LogP) is 3.28. The molecule has 3 aromatic carbocycles. The van der Waals surface area contributed by atoms with Crippen molar-refractivity contribution in [3.05, 3.63) is 71.2 Å². The van der Waals surface area contributed by atoms with E-state index in [-0.39, 0.29) is 4.90 Å². The lowest BCUT2D eigenvalue weighted by atomic mass is 10.1. The molecule has 0 aliphatic rings. The zero-order chi connectivity index (χ0) is 18.0. The fraction of sp³-hybridized carbons (Fsp3) is 0.0556. The molecular weight excluding hydrogens is 404 g/mol. The number of hydrogen-bond donors (Lipinski definition) is 1. The Kier molecular flexibility index (Phi) is 4.78. The molecule has 128 valence electrons. The third-order valence-corrected chi connectivity index (χ3v) is 6.04. The summed E-state index contributed by atoms with van der Waals surface area (Å²) in [5, 5.41) is 1.60. The van der Waals surface area contributed by atoms with Crippen molar-refractivity contribution in [2.45, 2.75) is 4.90 Å². The number of nitrogens with two attached hydrogens (primary N) is 1. The maximum atomic E-state index is 13.1. The van der Waals surface area contributed by atoms with Gasteiger partial charge in [0.1, 0.15) is 6.54 Å². The number of hydrogen-bond acceptors (Lipinski definition) is 3. The second-order valence-corrected chi connectivity index (χ2v) is 8.21. The molecule has 2 N–H and O–H groups in total. The highest BCUT2D eigenvalue weighted by molar-refractivity contribution is 9.10. The van der Waals surface area contributed by atoms with Crippen LogP contribution in [0.5, 0.6) is 0 Å². The van der Waals surface area contributed by atoms with E-state index in [9.17, 15) is 13.2 Å². The molecule has 0 saturated carbocycles. The smallest absolute Gasteiger partial charge is 0.264 e. The second kappa shape index (κ2) is 6.85. The number of carbonyl (C=O) groups is 1. The van der Waals surface area contributed by atoms with Crippen LogP contribution in [-0.4, -0.2) is 20.9 Å². The van der Waals surface area contributed by atoms with Gasteiger partial charge < -0.3 is 5.73 Å². The number of benzene rings is 3. The zero-order valence-corrected chi connectivity index (χ0v) is 15.5. The van der Waals surface area contributed by atoms with E-state index in [0.29, 0.717) is 5.69 Å². The van der Waals surface area contributed by atoms with Gasteiger partial charge in [-0.3, -0.25) is 9.10 Å². The summed E-state index contributed by atoms with van der Waals surface area (Å²) < 4.78 is 28.1. The van der Waals surface area contributed by atoms with Crippen LogP contribution < -0.4 is 10.0 Å². The number of rotatable bonds is 5. The summed E-state index contributed by atoms with van der Waals surface area (Å²) in [6.45, 7) is -0.438. The van der Waals surface area contributed by atoms with E-state index in [4.69, 9.17) is 5.73 Å². The quantitative estimate of drug-likeness (QED) is 0.689. The summed E-state index contributed by atoms with van der Waals surface area (Å²) in [7, 11) is -3.95. The molecule has 0 atom stereocenters. The Morgan fingerprint density at radius 2 is 1.60 bits per heavy atom. The first-order valence-electron chi connectivity index (χ1n) is 7.44. The maximum absolute atomic E-state index is 13.1. The predicted molar refractivity (Wildman–Crippen MR) is 102 cm³/mol. The lowest BCUT2D eigenvalue weighted by molar-refractivity contribution is -0.116. The van der Waals surface area contributed by atoms with E-state index in [1.165, 1.54) is 12.1 Å². The Balaban J connectivity index is 2.20. The minimum atomic E-state index is -3.95. The van der Waals surface area contributed by atoms with E-state index >= 15 is 0 Å². The van der Waals surface area contributed by atoms with Crippen LogP contribution in [0, 0.1) is 0 Å². The summed E-state index contributed by atoms with van der Waals surface area (Å²) in [6.07, 6.45) is 0. The number of amides is 1. The Morgan fingerprint density at radius 1 is 0.960 bits per heavy atom. The van der Waals surface area contributed by atoms with E-state index in [2.05, 4.69) is 15.9 Å². The van der Waals surface area contributed by atoms with Gasteiger partial charge in [-0.1, -0.05) is 52.3 Å². The van der Waals surface area contributed by atoms with Crippen LogP contribution in [-0.2, 0) is 14.8 Å². The van der Waals surface area contributed by atoms with Crippen molar-refractivity contribution in [2.75, 3.05) is 10.8 Å². The fourth-order valence-electron chi connectivity index (χ4n) is 2.60. The molecule has 0 aromatic heterocycles.